The number of rotatable bonds is 1. The zero-order valence-corrected chi connectivity index (χ0v) is 13.0. The average molecular weight is 302 g/mol. The molecular formula is C18H23FN2O. The third-order valence-corrected chi connectivity index (χ3v) is 6.32. The normalized spacial score (nSPS) is 36.8. The second kappa shape index (κ2) is 4.79. The zero-order valence-electron chi connectivity index (χ0n) is 13.0. The molecular weight excluding hydrogens is 279 g/mol. The van der Waals surface area contributed by atoms with Crippen LogP contribution in [0.1, 0.15) is 42.9 Å². The molecule has 3 aliphatic rings. The smallest absolute Gasteiger partial charge is 0.229 e. The number of hydrogen-bond acceptors (Lipinski definition) is 2. The van der Waals surface area contributed by atoms with Crippen molar-refractivity contribution in [2.24, 2.45) is 17.1 Å². The van der Waals surface area contributed by atoms with Crippen LogP contribution in [-0.2, 0) is 24.4 Å². The maximum Gasteiger partial charge on any atom is 0.229 e. The lowest BCUT2D eigenvalue weighted by Gasteiger charge is -2.33. The lowest BCUT2D eigenvalue weighted by Crippen LogP contribution is -2.40. The summed E-state index contributed by atoms with van der Waals surface area (Å²) in [5, 5.41) is 0. The van der Waals surface area contributed by atoms with Crippen LogP contribution in [0.15, 0.2) is 18.2 Å². The molecule has 2 fully saturated rings. The first-order valence-corrected chi connectivity index (χ1v) is 8.28. The Bertz CT molecular complexity index is 632. The van der Waals surface area contributed by atoms with E-state index in [0.717, 1.165) is 31.2 Å². The predicted octanol–water partition coefficient (Wildman–Crippen LogP) is 2.56. The van der Waals surface area contributed by atoms with Crippen LogP contribution in [0.5, 0.6) is 0 Å². The summed E-state index contributed by atoms with van der Waals surface area (Å²) < 4.78 is 12.9. The summed E-state index contributed by atoms with van der Waals surface area (Å²) in [6.45, 7) is 2.41. The van der Waals surface area contributed by atoms with Crippen molar-refractivity contribution in [3.63, 3.8) is 0 Å². The van der Waals surface area contributed by atoms with Gasteiger partial charge in [-0.1, -0.05) is 25.1 Å². The number of alkyl halides is 1. The van der Waals surface area contributed by atoms with Gasteiger partial charge in [-0.25, -0.2) is 4.39 Å². The Balaban J connectivity index is 1.69. The third-order valence-electron chi connectivity index (χ3n) is 6.32. The molecule has 2 N–H and O–H groups in total. The predicted molar refractivity (Wildman–Crippen MR) is 82.7 cm³/mol. The SMILES string of the molecule is CC1C2Cc3ccc(CF)cc3CN2C(=O)[C@]12CC[C@@H](N)C2. The van der Waals surface area contributed by atoms with E-state index in [9.17, 15) is 9.18 Å². The van der Waals surface area contributed by atoms with Crippen LogP contribution >= 0.6 is 0 Å². The molecule has 0 radical (unpaired) electrons. The second-order valence-corrected chi connectivity index (χ2v) is 7.39. The van der Waals surface area contributed by atoms with Crippen LogP contribution in [0.4, 0.5) is 4.39 Å². The fourth-order valence-electron chi connectivity index (χ4n) is 4.99. The minimum Gasteiger partial charge on any atom is -0.334 e. The van der Waals surface area contributed by atoms with Crippen molar-refractivity contribution >= 4 is 5.91 Å². The van der Waals surface area contributed by atoms with E-state index >= 15 is 0 Å². The first-order valence-electron chi connectivity index (χ1n) is 8.28. The monoisotopic (exact) mass is 302 g/mol. The molecule has 4 atom stereocenters. The molecule has 1 aromatic carbocycles. The molecule has 1 aromatic rings. The van der Waals surface area contributed by atoms with Gasteiger partial charge in [0, 0.05) is 18.6 Å². The first kappa shape index (κ1) is 14.2. The molecule has 2 aliphatic heterocycles. The van der Waals surface area contributed by atoms with Crippen molar-refractivity contribution in [3.05, 3.63) is 34.9 Å². The molecule has 1 spiro atoms. The molecule has 0 bridgehead atoms. The van der Waals surface area contributed by atoms with Crippen LogP contribution in [0, 0.1) is 11.3 Å². The van der Waals surface area contributed by atoms with Crippen molar-refractivity contribution in [1.82, 2.24) is 4.90 Å². The molecule has 1 saturated carbocycles. The Hall–Kier alpha value is -1.42. The number of halogens is 1. The van der Waals surface area contributed by atoms with Gasteiger partial charge in [-0.05, 0) is 48.3 Å². The highest BCUT2D eigenvalue weighted by atomic mass is 19.1. The minimum absolute atomic E-state index is 0.160. The quantitative estimate of drug-likeness (QED) is 0.866. The summed E-state index contributed by atoms with van der Waals surface area (Å²) in [6.07, 6.45) is 3.60. The maximum atomic E-state index is 13.1. The fourth-order valence-corrected chi connectivity index (χ4v) is 4.99. The minimum atomic E-state index is -0.445. The maximum absolute atomic E-state index is 13.1. The Kier molecular flexibility index (Phi) is 3.09. The van der Waals surface area contributed by atoms with Gasteiger partial charge in [-0.15, -0.1) is 0 Å². The van der Waals surface area contributed by atoms with E-state index in [4.69, 9.17) is 5.73 Å². The summed E-state index contributed by atoms with van der Waals surface area (Å²) in [5.41, 5.74) is 8.97. The van der Waals surface area contributed by atoms with Gasteiger partial charge in [0.2, 0.25) is 5.91 Å². The number of hydrogen-bond donors (Lipinski definition) is 1. The van der Waals surface area contributed by atoms with Gasteiger partial charge in [0.15, 0.2) is 0 Å². The van der Waals surface area contributed by atoms with E-state index in [1.54, 1.807) is 0 Å². The summed E-state index contributed by atoms with van der Waals surface area (Å²) in [4.78, 5) is 15.1. The van der Waals surface area contributed by atoms with E-state index in [2.05, 4.69) is 6.92 Å². The molecule has 3 nitrogen and oxygen atoms in total. The molecule has 2 heterocycles. The van der Waals surface area contributed by atoms with Gasteiger partial charge in [0.25, 0.3) is 0 Å². The van der Waals surface area contributed by atoms with E-state index in [1.165, 1.54) is 5.56 Å². The summed E-state index contributed by atoms with van der Waals surface area (Å²) in [6, 6.07) is 6.28. The van der Waals surface area contributed by atoms with Gasteiger partial charge in [-0.3, -0.25) is 4.79 Å². The van der Waals surface area contributed by atoms with E-state index in [1.807, 2.05) is 23.1 Å². The van der Waals surface area contributed by atoms with Crippen molar-refractivity contribution in [2.45, 2.75) is 57.9 Å². The fraction of sp³-hybridized carbons (Fsp3) is 0.611. The van der Waals surface area contributed by atoms with Crippen molar-refractivity contribution in [1.29, 1.82) is 0 Å². The Morgan fingerprint density at radius 1 is 1.41 bits per heavy atom. The van der Waals surface area contributed by atoms with Crippen molar-refractivity contribution in [2.75, 3.05) is 0 Å². The van der Waals surface area contributed by atoms with Gasteiger partial charge in [0.1, 0.15) is 6.67 Å². The zero-order chi connectivity index (χ0) is 15.5. The molecule has 1 saturated heterocycles. The van der Waals surface area contributed by atoms with E-state index < -0.39 is 6.67 Å². The van der Waals surface area contributed by atoms with Crippen molar-refractivity contribution in [3.8, 4) is 0 Å². The highest BCUT2D eigenvalue weighted by molar-refractivity contribution is 5.87. The molecule has 4 rings (SSSR count). The lowest BCUT2D eigenvalue weighted by atomic mass is 9.73. The molecule has 118 valence electrons. The standard InChI is InChI=1S/C18H23FN2O/c1-11-16-7-13-3-2-12(9-19)6-14(13)10-21(16)17(22)18(11)5-4-15(20)8-18/h2-3,6,11,15-16H,4-5,7-10,20H2,1H3/t11?,15-,16?,18+/m1/s1. The molecule has 1 amide bonds. The summed E-state index contributed by atoms with van der Waals surface area (Å²) in [5.74, 6) is 0.636. The van der Waals surface area contributed by atoms with Crippen LogP contribution in [-0.4, -0.2) is 22.9 Å². The first-order chi connectivity index (χ1) is 10.5. The van der Waals surface area contributed by atoms with Crippen LogP contribution in [0.3, 0.4) is 0 Å². The third kappa shape index (κ3) is 1.79. The van der Waals surface area contributed by atoms with Gasteiger partial charge >= 0.3 is 0 Å². The molecule has 1 aliphatic carbocycles. The number of carbonyl (C=O) groups is 1. The topological polar surface area (TPSA) is 46.3 Å². The lowest BCUT2D eigenvalue weighted by molar-refractivity contribution is -0.137. The number of amides is 1. The number of fused-ring (bicyclic) bond motifs is 2. The van der Waals surface area contributed by atoms with Gasteiger partial charge in [-0.2, -0.15) is 0 Å². The highest BCUT2D eigenvalue weighted by Gasteiger charge is 2.59. The molecule has 4 heteroatoms. The van der Waals surface area contributed by atoms with E-state index in [0.29, 0.717) is 18.0 Å². The van der Waals surface area contributed by atoms with E-state index in [-0.39, 0.29) is 23.4 Å². The summed E-state index contributed by atoms with van der Waals surface area (Å²) in [7, 11) is 0. The highest BCUT2D eigenvalue weighted by Crippen LogP contribution is 2.54. The largest absolute Gasteiger partial charge is 0.334 e. The number of nitrogens with two attached hydrogens (primary N) is 1. The van der Waals surface area contributed by atoms with Crippen LogP contribution < -0.4 is 5.73 Å². The molecule has 2 unspecified atom stereocenters. The van der Waals surface area contributed by atoms with Gasteiger partial charge < -0.3 is 10.6 Å². The Labute approximate surface area is 130 Å². The average Bonchev–Trinajstić information content (AvgIpc) is 3.01. The van der Waals surface area contributed by atoms with Crippen molar-refractivity contribution < 1.29 is 9.18 Å². The van der Waals surface area contributed by atoms with Gasteiger partial charge in [0.05, 0.1) is 5.41 Å². The number of nitrogens with zero attached hydrogens (tertiary/aromatic N) is 1. The molecule has 22 heavy (non-hydrogen) atoms. The van der Waals surface area contributed by atoms with Crippen LogP contribution in [0.2, 0.25) is 0 Å². The Morgan fingerprint density at radius 3 is 2.91 bits per heavy atom. The molecule has 0 aromatic heterocycles. The summed E-state index contributed by atoms with van der Waals surface area (Å²) >= 11 is 0. The number of carbonyl (C=O) groups excluding carboxylic acids is 1. The Morgan fingerprint density at radius 2 is 2.23 bits per heavy atom. The second-order valence-electron chi connectivity index (χ2n) is 7.39. The van der Waals surface area contributed by atoms with Crippen LogP contribution in [0.25, 0.3) is 0 Å². The number of benzene rings is 1.